The highest BCUT2D eigenvalue weighted by molar-refractivity contribution is 7.17. The van der Waals surface area contributed by atoms with Gasteiger partial charge in [0, 0.05) is 17.3 Å². The maximum Gasteiger partial charge on any atom is 0.512 e. The Bertz CT molecular complexity index is 1060. The highest BCUT2D eigenvalue weighted by Gasteiger charge is 2.28. The van der Waals surface area contributed by atoms with Crippen LogP contribution in [0.5, 0.6) is 5.88 Å². The number of aromatic nitrogens is 4. The summed E-state index contributed by atoms with van der Waals surface area (Å²) in [5.41, 5.74) is 1.57. The molecule has 3 aromatic rings. The number of fused-ring (bicyclic) bond motifs is 1. The van der Waals surface area contributed by atoms with Gasteiger partial charge in [0.25, 0.3) is 17.7 Å². The lowest BCUT2D eigenvalue weighted by Crippen LogP contribution is -2.17. The summed E-state index contributed by atoms with van der Waals surface area (Å²) < 4.78 is 9.89. The Morgan fingerprint density at radius 3 is 2.79 bits per heavy atom. The number of aryl methyl sites for hydroxylation is 2. The third-order valence-corrected chi connectivity index (χ3v) is 5.41. The van der Waals surface area contributed by atoms with Gasteiger partial charge in [0.2, 0.25) is 0 Å². The van der Waals surface area contributed by atoms with Crippen LogP contribution in [0.15, 0.2) is 16.9 Å². The summed E-state index contributed by atoms with van der Waals surface area (Å²) in [4.78, 5) is 36.7. The van der Waals surface area contributed by atoms with Crippen LogP contribution in [0.25, 0.3) is 11.5 Å². The van der Waals surface area contributed by atoms with Crippen LogP contribution >= 0.6 is 11.3 Å². The van der Waals surface area contributed by atoms with Crippen molar-refractivity contribution in [3.63, 3.8) is 0 Å². The zero-order valence-electron chi connectivity index (χ0n) is 14.8. The van der Waals surface area contributed by atoms with E-state index < -0.39 is 12.1 Å². The quantitative estimate of drug-likeness (QED) is 0.631. The molecule has 28 heavy (non-hydrogen) atoms. The Kier molecular flexibility index (Phi) is 4.74. The van der Waals surface area contributed by atoms with Gasteiger partial charge in [-0.15, -0.1) is 11.3 Å². The van der Waals surface area contributed by atoms with Gasteiger partial charge in [-0.05, 0) is 38.2 Å². The van der Waals surface area contributed by atoms with Crippen molar-refractivity contribution in [1.29, 1.82) is 0 Å². The van der Waals surface area contributed by atoms with Gasteiger partial charge in [0.1, 0.15) is 5.00 Å². The van der Waals surface area contributed by atoms with Crippen LogP contribution in [-0.2, 0) is 12.8 Å². The summed E-state index contributed by atoms with van der Waals surface area (Å²) >= 11 is 1.44. The fourth-order valence-corrected chi connectivity index (χ4v) is 4.36. The summed E-state index contributed by atoms with van der Waals surface area (Å²) in [7, 11) is 0. The van der Waals surface area contributed by atoms with Gasteiger partial charge in [0.15, 0.2) is 11.5 Å². The number of nitrogens with one attached hydrogen (secondary N) is 1. The first-order chi connectivity index (χ1) is 13.5. The SMILES string of the molecule is Cc1noc(-c2c(NC(=O)c3nccnc3OC(=O)O)sc3c2CCCC3)n1. The standard InChI is InChI=1S/C17H15N5O5S/c1-8-20-14(27-22-8)11-9-4-2-3-5-10(9)28-16(11)21-13(23)12-15(26-17(24)25)19-7-6-18-12/h6-7H,2-5H2,1H3,(H,21,23)(H,24,25). The van der Waals surface area contributed by atoms with Crippen molar-refractivity contribution in [3.05, 3.63) is 34.4 Å². The number of carbonyl (C=O) groups is 2. The Labute approximate surface area is 162 Å². The molecule has 0 fully saturated rings. The summed E-state index contributed by atoms with van der Waals surface area (Å²) in [6.45, 7) is 1.72. The highest BCUT2D eigenvalue weighted by atomic mass is 32.1. The number of hydrogen-bond donors (Lipinski definition) is 2. The third kappa shape index (κ3) is 3.43. The van der Waals surface area contributed by atoms with E-state index in [-0.39, 0.29) is 11.6 Å². The van der Waals surface area contributed by atoms with Crippen LogP contribution in [0, 0.1) is 6.92 Å². The second-order valence-corrected chi connectivity index (χ2v) is 7.20. The lowest BCUT2D eigenvalue weighted by molar-refractivity contribution is 0.101. The number of nitrogens with zero attached hydrogens (tertiary/aromatic N) is 4. The molecule has 1 amide bonds. The zero-order valence-corrected chi connectivity index (χ0v) is 15.6. The van der Waals surface area contributed by atoms with Crippen molar-refractivity contribution >= 4 is 28.4 Å². The van der Waals surface area contributed by atoms with E-state index in [2.05, 4.69) is 30.2 Å². The second kappa shape index (κ2) is 7.35. The molecule has 3 aromatic heterocycles. The molecule has 0 unspecified atom stereocenters. The van der Waals surface area contributed by atoms with Gasteiger partial charge in [-0.1, -0.05) is 5.16 Å². The van der Waals surface area contributed by atoms with Crippen molar-refractivity contribution in [1.82, 2.24) is 20.1 Å². The van der Waals surface area contributed by atoms with E-state index in [0.717, 1.165) is 36.1 Å². The molecule has 0 saturated carbocycles. The Morgan fingerprint density at radius 1 is 1.25 bits per heavy atom. The first-order valence-corrected chi connectivity index (χ1v) is 9.33. The lowest BCUT2D eigenvalue weighted by atomic mass is 9.95. The Morgan fingerprint density at radius 2 is 2.04 bits per heavy atom. The summed E-state index contributed by atoms with van der Waals surface area (Å²) in [5, 5.41) is 16.0. The van der Waals surface area contributed by atoms with Crippen LogP contribution in [0.1, 0.15) is 39.6 Å². The fraction of sp³-hybridized carbons (Fsp3) is 0.294. The fourth-order valence-electron chi connectivity index (χ4n) is 3.08. The zero-order chi connectivity index (χ0) is 19.7. The Hall–Kier alpha value is -3.34. The van der Waals surface area contributed by atoms with E-state index in [4.69, 9.17) is 9.63 Å². The topological polar surface area (TPSA) is 140 Å². The third-order valence-electron chi connectivity index (χ3n) is 4.20. The minimum absolute atomic E-state index is 0.232. The number of anilines is 1. The first-order valence-electron chi connectivity index (χ1n) is 8.51. The maximum absolute atomic E-state index is 12.8. The molecule has 0 bridgehead atoms. The number of carboxylic acid groups (broad SMARTS) is 1. The molecule has 0 radical (unpaired) electrons. The minimum atomic E-state index is -1.58. The van der Waals surface area contributed by atoms with Crippen molar-refractivity contribution in [3.8, 4) is 17.3 Å². The number of hydrogen-bond acceptors (Lipinski definition) is 9. The van der Waals surface area contributed by atoms with Gasteiger partial charge >= 0.3 is 6.16 Å². The predicted molar refractivity (Wildman–Crippen MR) is 97.6 cm³/mol. The molecule has 0 saturated heterocycles. The van der Waals surface area contributed by atoms with Gasteiger partial charge in [-0.25, -0.2) is 14.8 Å². The van der Waals surface area contributed by atoms with Crippen molar-refractivity contribution < 1.29 is 24.0 Å². The molecule has 11 heteroatoms. The van der Waals surface area contributed by atoms with Gasteiger partial charge in [0.05, 0.1) is 5.56 Å². The first kappa shape index (κ1) is 18.0. The molecule has 10 nitrogen and oxygen atoms in total. The molecule has 3 heterocycles. The largest absolute Gasteiger partial charge is 0.512 e. The molecule has 4 rings (SSSR count). The van der Waals surface area contributed by atoms with Gasteiger partial charge in [-0.2, -0.15) is 4.98 Å². The number of thiophene rings is 1. The maximum atomic E-state index is 12.8. The van der Waals surface area contributed by atoms with Crippen LogP contribution in [-0.4, -0.2) is 37.3 Å². The van der Waals surface area contributed by atoms with E-state index in [1.54, 1.807) is 6.92 Å². The predicted octanol–water partition coefficient (Wildman–Crippen LogP) is 3.08. The number of amides is 1. The molecular weight excluding hydrogens is 386 g/mol. The molecule has 0 spiro atoms. The normalized spacial score (nSPS) is 13.0. The molecule has 0 aliphatic heterocycles. The van der Waals surface area contributed by atoms with Gasteiger partial charge in [-0.3, -0.25) is 4.79 Å². The molecule has 0 aromatic carbocycles. The van der Waals surface area contributed by atoms with E-state index in [0.29, 0.717) is 22.3 Å². The average molecular weight is 401 g/mol. The second-order valence-electron chi connectivity index (χ2n) is 6.09. The molecular formula is C17H15N5O5S. The molecule has 1 aliphatic carbocycles. The lowest BCUT2D eigenvalue weighted by Gasteiger charge is -2.11. The van der Waals surface area contributed by atoms with Crippen LogP contribution in [0.2, 0.25) is 0 Å². The Balaban J connectivity index is 1.72. The van der Waals surface area contributed by atoms with E-state index >= 15 is 0 Å². The molecule has 144 valence electrons. The number of carbonyl (C=O) groups excluding carboxylic acids is 1. The van der Waals surface area contributed by atoms with Crippen LogP contribution in [0.4, 0.5) is 9.80 Å². The molecule has 0 atom stereocenters. The molecule has 1 aliphatic rings. The molecule has 2 N–H and O–H groups in total. The monoisotopic (exact) mass is 401 g/mol. The smallest absolute Gasteiger partial charge is 0.449 e. The van der Waals surface area contributed by atoms with Crippen molar-refractivity contribution in [2.45, 2.75) is 32.6 Å². The number of rotatable bonds is 4. The van der Waals surface area contributed by atoms with E-state index in [1.807, 2.05) is 0 Å². The van der Waals surface area contributed by atoms with E-state index in [1.165, 1.54) is 23.7 Å². The van der Waals surface area contributed by atoms with Crippen LogP contribution in [0.3, 0.4) is 0 Å². The van der Waals surface area contributed by atoms with Crippen molar-refractivity contribution in [2.75, 3.05) is 5.32 Å². The van der Waals surface area contributed by atoms with Crippen molar-refractivity contribution in [2.24, 2.45) is 0 Å². The number of ether oxygens (including phenoxy) is 1. The minimum Gasteiger partial charge on any atom is -0.449 e. The van der Waals surface area contributed by atoms with Gasteiger partial charge < -0.3 is 19.7 Å². The highest BCUT2D eigenvalue weighted by Crippen LogP contribution is 2.43. The summed E-state index contributed by atoms with van der Waals surface area (Å²) in [6, 6.07) is 0. The van der Waals surface area contributed by atoms with E-state index in [9.17, 15) is 9.59 Å². The summed E-state index contributed by atoms with van der Waals surface area (Å²) in [6.07, 6.45) is 4.83. The summed E-state index contributed by atoms with van der Waals surface area (Å²) in [5.74, 6) is -0.188. The average Bonchev–Trinajstić information content (AvgIpc) is 3.24. The van der Waals surface area contributed by atoms with Crippen LogP contribution < -0.4 is 10.1 Å².